The molecule has 2 nitrogen and oxygen atoms in total. The first-order chi connectivity index (χ1) is 7.61. The molecule has 0 fully saturated rings. The zero-order valence-electron chi connectivity index (χ0n) is 9.16. The summed E-state index contributed by atoms with van der Waals surface area (Å²) in [6.45, 7) is 4.89. The van der Waals surface area contributed by atoms with Crippen molar-refractivity contribution >= 4 is 38.6 Å². The number of hydrogen-bond acceptors (Lipinski definition) is 4. The molecular weight excluding hydrogens is 304 g/mol. The molecule has 2 aromatic heterocycles. The molecule has 0 unspecified atom stereocenters. The molecule has 2 heterocycles. The van der Waals surface area contributed by atoms with Crippen molar-refractivity contribution in [3.8, 4) is 9.88 Å². The van der Waals surface area contributed by atoms with Gasteiger partial charge in [-0.2, -0.15) is 0 Å². The van der Waals surface area contributed by atoms with Gasteiger partial charge in [0.1, 0.15) is 5.01 Å². The monoisotopic (exact) mass is 316 g/mol. The maximum absolute atomic E-state index is 5.75. The smallest absolute Gasteiger partial charge is 0.133 e. The Kier molecular flexibility index (Phi) is 3.79. The van der Waals surface area contributed by atoms with Crippen LogP contribution in [-0.4, -0.2) is 4.98 Å². The molecule has 0 saturated carbocycles. The van der Waals surface area contributed by atoms with Gasteiger partial charge in [-0.3, -0.25) is 0 Å². The van der Waals surface area contributed by atoms with Crippen molar-refractivity contribution in [2.75, 3.05) is 0 Å². The van der Waals surface area contributed by atoms with Gasteiger partial charge in [0.25, 0.3) is 0 Å². The Morgan fingerprint density at radius 2 is 2.12 bits per heavy atom. The van der Waals surface area contributed by atoms with Gasteiger partial charge in [0.05, 0.1) is 14.4 Å². The largest absolute Gasteiger partial charge is 0.326 e. The highest BCUT2D eigenvalue weighted by Gasteiger charge is 2.15. The van der Waals surface area contributed by atoms with E-state index in [9.17, 15) is 0 Å². The van der Waals surface area contributed by atoms with Crippen LogP contribution >= 0.6 is 38.6 Å². The van der Waals surface area contributed by atoms with Crippen molar-refractivity contribution in [3.63, 3.8) is 0 Å². The Morgan fingerprint density at radius 3 is 2.56 bits per heavy atom. The third-order valence-electron chi connectivity index (χ3n) is 2.24. The number of halogens is 1. The van der Waals surface area contributed by atoms with Gasteiger partial charge in [-0.1, -0.05) is 13.8 Å². The molecule has 0 saturated heterocycles. The summed E-state index contributed by atoms with van der Waals surface area (Å²) in [5.74, 6) is 0.437. The van der Waals surface area contributed by atoms with Crippen LogP contribution in [0.5, 0.6) is 0 Å². The van der Waals surface area contributed by atoms with Gasteiger partial charge >= 0.3 is 0 Å². The van der Waals surface area contributed by atoms with E-state index >= 15 is 0 Å². The molecule has 0 spiro atoms. The number of thiazole rings is 1. The summed E-state index contributed by atoms with van der Waals surface area (Å²) in [6.07, 6.45) is 0. The van der Waals surface area contributed by atoms with E-state index in [1.54, 1.807) is 22.7 Å². The highest BCUT2D eigenvalue weighted by molar-refractivity contribution is 9.11. The highest BCUT2D eigenvalue weighted by atomic mass is 79.9. The highest BCUT2D eigenvalue weighted by Crippen LogP contribution is 2.36. The second-order valence-corrected chi connectivity index (χ2v) is 7.34. The molecule has 2 aromatic rings. The van der Waals surface area contributed by atoms with Crippen LogP contribution in [0.4, 0.5) is 0 Å². The fourth-order valence-corrected chi connectivity index (χ4v) is 4.03. The van der Waals surface area contributed by atoms with Crippen LogP contribution < -0.4 is 5.73 Å². The Balaban J connectivity index is 2.43. The molecular formula is C11H13BrN2S2. The van der Waals surface area contributed by atoms with E-state index in [0.29, 0.717) is 12.5 Å². The molecule has 0 amide bonds. The van der Waals surface area contributed by atoms with E-state index in [0.717, 1.165) is 14.5 Å². The maximum atomic E-state index is 5.75. The Bertz CT molecular complexity index is 488. The number of thiophene rings is 1. The molecule has 0 radical (unpaired) electrons. The van der Waals surface area contributed by atoms with E-state index in [2.05, 4.69) is 41.9 Å². The molecule has 0 aliphatic heterocycles. The second-order valence-electron chi connectivity index (χ2n) is 3.79. The lowest BCUT2D eigenvalue weighted by atomic mass is 10.1. The number of hydrogen-bond donors (Lipinski definition) is 1. The molecule has 5 heteroatoms. The SMILES string of the molecule is CC(C)c1nc(-c2ccc(Br)s2)sc1CN. The number of rotatable bonds is 3. The van der Waals surface area contributed by atoms with Crippen molar-refractivity contribution in [3.05, 3.63) is 26.5 Å². The van der Waals surface area contributed by atoms with Gasteiger partial charge in [-0.25, -0.2) is 4.98 Å². The van der Waals surface area contributed by atoms with Crippen LogP contribution in [0.2, 0.25) is 0 Å². The van der Waals surface area contributed by atoms with E-state index in [1.165, 1.54) is 9.75 Å². The average molecular weight is 317 g/mol. The third-order valence-corrected chi connectivity index (χ3v) is 5.13. The van der Waals surface area contributed by atoms with Gasteiger partial charge in [0, 0.05) is 11.4 Å². The van der Waals surface area contributed by atoms with E-state index < -0.39 is 0 Å². The first-order valence-corrected chi connectivity index (χ1v) is 7.49. The molecule has 0 aromatic carbocycles. The van der Waals surface area contributed by atoms with Gasteiger partial charge in [-0.05, 0) is 34.0 Å². The topological polar surface area (TPSA) is 38.9 Å². The third kappa shape index (κ3) is 2.37. The minimum Gasteiger partial charge on any atom is -0.326 e. The van der Waals surface area contributed by atoms with Crippen molar-refractivity contribution in [2.45, 2.75) is 26.3 Å². The zero-order chi connectivity index (χ0) is 11.7. The fraction of sp³-hybridized carbons (Fsp3) is 0.364. The predicted molar refractivity (Wildman–Crippen MR) is 75.1 cm³/mol. The van der Waals surface area contributed by atoms with Crippen LogP contribution in [0.1, 0.15) is 30.3 Å². The van der Waals surface area contributed by atoms with Crippen molar-refractivity contribution in [1.29, 1.82) is 0 Å². The van der Waals surface area contributed by atoms with E-state index in [4.69, 9.17) is 10.7 Å². The van der Waals surface area contributed by atoms with Crippen molar-refractivity contribution < 1.29 is 0 Å². The zero-order valence-corrected chi connectivity index (χ0v) is 12.4. The van der Waals surface area contributed by atoms with Crippen LogP contribution in [0.3, 0.4) is 0 Å². The summed E-state index contributed by atoms with van der Waals surface area (Å²) < 4.78 is 1.14. The van der Waals surface area contributed by atoms with Crippen LogP contribution in [-0.2, 0) is 6.54 Å². The summed E-state index contributed by atoms with van der Waals surface area (Å²) in [7, 11) is 0. The molecule has 0 bridgehead atoms. The van der Waals surface area contributed by atoms with E-state index in [1.807, 2.05) is 0 Å². The van der Waals surface area contributed by atoms with Crippen LogP contribution in [0.15, 0.2) is 15.9 Å². The van der Waals surface area contributed by atoms with Crippen LogP contribution in [0.25, 0.3) is 9.88 Å². The van der Waals surface area contributed by atoms with Crippen molar-refractivity contribution in [1.82, 2.24) is 4.98 Å². The summed E-state index contributed by atoms with van der Waals surface area (Å²) >= 11 is 6.89. The summed E-state index contributed by atoms with van der Waals surface area (Å²) in [4.78, 5) is 7.10. The molecule has 86 valence electrons. The number of nitrogens with zero attached hydrogens (tertiary/aromatic N) is 1. The molecule has 2 N–H and O–H groups in total. The number of nitrogens with two attached hydrogens (primary N) is 1. The van der Waals surface area contributed by atoms with E-state index in [-0.39, 0.29) is 0 Å². The Labute approximate surface area is 112 Å². The maximum Gasteiger partial charge on any atom is 0.133 e. The molecule has 0 aliphatic rings. The lowest BCUT2D eigenvalue weighted by molar-refractivity contribution is 0.814. The number of aromatic nitrogens is 1. The summed E-state index contributed by atoms with van der Waals surface area (Å²) in [6, 6.07) is 4.15. The molecule has 0 atom stereocenters. The van der Waals surface area contributed by atoms with Crippen molar-refractivity contribution in [2.24, 2.45) is 5.73 Å². The van der Waals surface area contributed by atoms with Gasteiger partial charge in [-0.15, -0.1) is 22.7 Å². The fourth-order valence-electron chi connectivity index (χ4n) is 1.50. The average Bonchev–Trinajstić information content (AvgIpc) is 2.82. The first-order valence-electron chi connectivity index (χ1n) is 5.07. The summed E-state index contributed by atoms with van der Waals surface area (Å²) in [5, 5.41) is 1.08. The normalized spacial score (nSPS) is 11.3. The standard InChI is InChI=1S/C11H13BrN2S2/c1-6(2)10-8(5-13)16-11(14-10)7-3-4-9(12)15-7/h3-4,6H,5,13H2,1-2H3. The predicted octanol–water partition coefficient (Wildman–Crippen LogP) is 4.22. The quantitative estimate of drug-likeness (QED) is 0.921. The second kappa shape index (κ2) is 4.96. The molecule has 0 aliphatic carbocycles. The van der Waals surface area contributed by atoms with Gasteiger partial charge < -0.3 is 5.73 Å². The lowest BCUT2D eigenvalue weighted by Gasteiger charge is -2.01. The first kappa shape index (κ1) is 12.2. The minimum atomic E-state index is 0.437. The van der Waals surface area contributed by atoms with Crippen LogP contribution in [0, 0.1) is 0 Å². The minimum absolute atomic E-state index is 0.437. The Morgan fingerprint density at radius 1 is 1.38 bits per heavy atom. The lowest BCUT2D eigenvalue weighted by Crippen LogP contribution is -1.99. The van der Waals surface area contributed by atoms with Gasteiger partial charge in [0.15, 0.2) is 0 Å². The molecule has 16 heavy (non-hydrogen) atoms. The van der Waals surface area contributed by atoms with Gasteiger partial charge in [0.2, 0.25) is 0 Å². The molecule has 2 rings (SSSR count). The summed E-state index contributed by atoms with van der Waals surface area (Å²) in [5.41, 5.74) is 6.90. The Hall–Kier alpha value is -0.230.